The molecule has 2 aromatic rings. The second-order valence-electron chi connectivity index (χ2n) is 10.6. The molecule has 36 heavy (non-hydrogen) atoms. The molecule has 0 aliphatic carbocycles. The Morgan fingerprint density at radius 3 is 1.67 bits per heavy atom. The van der Waals surface area contributed by atoms with E-state index in [0.29, 0.717) is 13.8 Å². The zero-order valence-corrected chi connectivity index (χ0v) is 22.0. The van der Waals surface area contributed by atoms with Crippen LogP contribution in [0.1, 0.15) is 73.8 Å². The maximum Gasteiger partial charge on any atom is 0.430 e. The highest BCUT2D eigenvalue weighted by Gasteiger charge is 2.78. The molecule has 0 saturated heterocycles. The number of halogens is 6. The Morgan fingerprint density at radius 1 is 0.778 bits per heavy atom. The third-order valence-corrected chi connectivity index (χ3v) is 6.89. The van der Waals surface area contributed by atoms with E-state index in [1.54, 1.807) is 0 Å². The molecule has 2 rings (SSSR count). The van der Waals surface area contributed by atoms with Gasteiger partial charge in [-0.1, -0.05) is 70.2 Å². The van der Waals surface area contributed by atoms with E-state index in [4.69, 9.17) is 0 Å². The Morgan fingerprint density at radius 2 is 1.25 bits per heavy atom. The van der Waals surface area contributed by atoms with Crippen LogP contribution >= 0.6 is 0 Å². The number of hydrogen-bond donors (Lipinski definition) is 1. The molecule has 0 aliphatic rings. The molecule has 0 aromatic heterocycles. The second-order valence-corrected chi connectivity index (χ2v) is 10.6. The molecule has 0 atom stereocenters. The number of fused-ring (bicyclic) bond motifs is 1. The number of aliphatic hydroxyl groups is 1. The van der Waals surface area contributed by atoms with Crippen LogP contribution in [0.5, 0.6) is 0 Å². The van der Waals surface area contributed by atoms with Crippen LogP contribution in [0.2, 0.25) is 0 Å². The molecular formula is C27H36F6O3. The summed E-state index contributed by atoms with van der Waals surface area (Å²) in [6, 6.07) is 15.3. The quantitative estimate of drug-likeness (QED) is 0.308. The summed E-state index contributed by atoms with van der Waals surface area (Å²) in [5.41, 5.74) is -7.98. The van der Waals surface area contributed by atoms with E-state index in [1.807, 2.05) is 0 Å². The second kappa shape index (κ2) is 10.6. The van der Waals surface area contributed by atoms with Crippen molar-refractivity contribution < 1.29 is 41.0 Å². The Kier molecular flexibility index (Phi) is 9.34. The highest BCUT2D eigenvalue weighted by molar-refractivity contribution is 5.83. The molecule has 0 radical (unpaired) electrons. The number of benzene rings is 2. The van der Waals surface area contributed by atoms with Crippen molar-refractivity contribution in [3.8, 4) is 0 Å². The fraction of sp³-hybridized carbons (Fsp3) is 0.593. The van der Waals surface area contributed by atoms with Crippen molar-refractivity contribution in [2.45, 2.75) is 97.2 Å². The van der Waals surface area contributed by atoms with Gasteiger partial charge in [-0.25, -0.2) is 0 Å². The van der Waals surface area contributed by atoms with Crippen LogP contribution in [-0.2, 0) is 14.9 Å². The molecular weight excluding hydrogens is 486 g/mol. The average Bonchev–Trinajstić information content (AvgIpc) is 2.76. The van der Waals surface area contributed by atoms with E-state index in [-0.39, 0.29) is 11.8 Å². The molecule has 0 saturated carbocycles. The lowest BCUT2D eigenvalue weighted by atomic mass is 9.81. The van der Waals surface area contributed by atoms with Gasteiger partial charge in [0.25, 0.3) is 5.60 Å². The van der Waals surface area contributed by atoms with Gasteiger partial charge in [-0.2, -0.15) is 26.3 Å². The van der Waals surface area contributed by atoms with Gasteiger partial charge < -0.3 is 9.84 Å². The highest BCUT2D eigenvalue weighted by Crippen LogP contribution is 2.51. The van der Waals surface area contributed by atoms with Crippen molar-refractivity contribution in [3.05, 3.63) is 48.0 Å². The van der Waals surface area contributed by atoms with Gasteiger partial charge in [0.2, 0.25) is 0 Å². The highest BCUT2D eigenvalue weighted by atomic mass is 19.4. The summed E-state index contributed by atoms with van der Waals surface area (Å²) in [5.74, 6) is -1.26. The Labute approximate surface area is 208 Å². The topological polar surface area (TPSA) is 46.5 Å². The lowest BCUT2D eigenvalue weighted by Gasteiger charge is -2.44. The van der Waals surface area contributed by atoms with Crippen LogP contribution in [0.25, 0.3) is 10.8 Å². The first kappa shape index (κ1) is 31.7. The van der Waals surface area contributed by atoms with E-state index in [1.165, 1.54) is 43.5 Å². The zero-order chi connectivity index (χ0) is 28.4. The van der Waals surface area contributed by atoms with E-state index in [2.05, 4.69) is 68.0 Å². The summed E-state index contributed by atoms with van der Waals surface area (Å²) in [5, 5.41) is 11.9. The van der Waals surface area contributed by atoms with Crippen molar-refractivity contribution in [2.75, 3.05) is 0 Å². The minimum absolute atomic E-state index is 0.137. The standard InChI is InChI=1S/C15H18.C12H18F6O3/c1-4-15(2,3)14-10-9-12-7-5-6-8-13(12)11-14;1-6-8(2,3)7(19)21-9(4,5)10(20,11(13,14)15)12(16,17)18/h5-11H,4H2,1-3H3;20H,6H2,1-5H3. The van der Waals surface area contributed by atoms with Gasteiger partial charge >= 0.3 is 18.3 Å². The number of rotatable bonds is 6. The van der Waals surface area contributed by atoms with Gasteiger partial charge in [0, 0.05) is 0 Å². The van der Waals surface area contributed by atoms with Gasteiger partial charge in [-0.15, -0.1) is 0 Å². The van der Waals surface area contributed by atoms with E-state index in [0.717, 1.165) is 0 Å². The number of esters is 1. The van der Waals surface area contributed by atoms with Crippen LogP contribution in [0.3, 0.4) is 0 Å². The summed E-state index contributed by atoms with van der Waals surface area (Å²) in [4.78, 5) is 11.7. The predicted molar refractivity (Wildman–Crippen MR) is 129 cm³/mol. The van der Waals surface area contributed by atoms with E-state index < -0.39 is 34.9 Å². The number of carbonyl (C=O) groups is 1. The fourth-order valence-electron chi connectivity index (χ4n) is 3.25. The summed E-state index contributed by atoms with van der Waals surface area (Å²) < 4.78 is 81.0. The van der Waals surface area contributed by atoms with E-state index in [9.17, 15) is 36.2 Å². The zero-order valence-electron chi connectivity index (χ0n) is 22.0. The molecule has 9 heteroatoms. The lowest BCUT2D eigenvalue weighted by molar-refractivity contribution is -0.408. The average molecular weight is 523 g/mol. The minimum Gasteiger partial charge on any atom is -0.455 e. The first-order chi connectivity index (χ1) is 16.1. The minimum atomic E-state index is -6.06. The van der Waals surface area contributed by atoms with Crippen molar-refractivity contribution in [1.29, 1.82) is 0 Å². The van der Waals surface area contributed by atoms with Crippen molar-refractivity contribution in [3.63, 3.8) is 0 Å². The third-order valence-electron chi connectivity index (χ3n) is 6.89. The van der Waals surface area contributed by atoms with Crippen LogP contribution in [0.4, 0.5) is 26.3 Å². The van der Waals surface area contributed by atoms with Crippen molar-refractivity contribution in [1.82, 2.24) is 0 Å². The van der Waals surface area contributed by atoms with E-state index >= 15 is 0 Å². The SMILES string of the molecule is CCC(C)(C)C(=O)OC(C)(C)C(O)(C(F)(F)F)C(F)(F)F.CCC(C)(C)c1ccc2ccccc2c1. The third kappa shape index (κ3) is 6.52. The summed E-state index contributed by atoms with van der Waals surface area (Å²) in [6.07, 6.45) is -10.8. The van der Waals surface area contributed by atoms with Gasteiger partial charge in [-0.05, 0) is 62.3 Å². The normalized spacial score (nSPS) is 13.8. The molecule has 0 heterocycles. The summed E-state index contributed by atoms with van der Waals surface area (Å²) in [6.45, 7) is 11.7. The molecule has 0 spiro atoms. The van der Waals surface area contributed by atoms with Gasteiger partial charge in [0.1, 0.15) is 0 Å². The molecule has 0 fully saturated rings. The first-order valence-electron chi connectivity index (χ1n) is 11.7. The van der Waals surface area contributed by atoms with Crippen LogP contribution < -0.4 is 0 Å². The van der Waals surface area contributed by atoms with Gasteiger partial charge in [-0.3, -0.25) is 4.79 Å². The molecule has 0 unspecified atom stereocenters. The molecule has 2 aromatic carbocycles. The largest absolute Gasteiger partial charge is 0.455 e. The monoisotopic (exact) mass is 522 g/mol. The maximum absolute atomic E-state index is 12.8. The molecule has 1 N–H and O–H groups in total. The van der Waals surface area contributed by atoms with Crippen molar-refractivity contribution >= 4 is 16.7 Å². The summed E-state index contributed by atoms with van der Waals surface area (Å²) in [7, 11) is 0. The van der Waals surface area contributed by atoms with Gasteiger partial charge in [0.05, 0.1) is 5.41 Å². The number of ether oxygens (including phenoxy) is 1. The Balaban J connectivity index is 0.000000377. The van der Waals surface area contributed by atoms with Crippen LogP contribution in [0, 0.1) is 5.41 Å². The molecule has 0 bridgehead atoms. The first-order valence-corrected chi connectivity index (χ1v) is 11.7. The van der Waals surface area contributed by atoms with Gasteiger partial charge in [0.15, 0.2) is 5.60 Å². The molecule has 0 aliphatic heterocycles. The Bertz CT molecular complexity index is 1020. The maximum atomic E-state index is 12.8. The number of carbonyl (C=O) groups excluding carboxylic acids is 1. The molecule has 0 amide bonds. The lowest BCUT2D eigenvalue weighted by Crippen LogP contribution is -2.70. The fourth-order valence-corrected chi connectivity index (χ4v) is 3.25. The smallest absolute Gasteiger partial charge is 0.430 e. The van der Waals surface area contributed by atoms with Crippen LogP contribution in [-0.4, -0.2) is 34.6 Å². The predicted octanol–water partition coefficient (Wildman–Crippen LogP) is 8.13. The Hall–Kier alpha value is -2.29. The molecule has 3 nitrogen and oxygen atoms in total. The van der Waals surface area contributed by atoms with Crippen molar-refractivity contribution in [2.24, 2.45) is 5.41 Å². The number of alkyl halides is 6. The number of hydrogen-bond acceptors (Lipinski definition) is 3. The van der Waals surface area contributed by atoms with Crippen LogP contribution in [0.15, 0.2) is 42.5 Å². The molecule has 204 valence electrons. The summed E-state index contributed by atoms with van der Waals surface area (Å²) >= 11 is 0.